The van der Waals surface area contributed by atoms with Crippen molar-refractivity contribution in [2.75, 3.05) is 13.2 Å². The van der Waals surface area contributed by atoms with Crippen LogP contribution >= 0.6 is 7.82 Å². The number of rotatable bonds is 22. The molecule has 1 aliphatic heterocycles. The number of unbranched alkanes of at least 4 members (excludes halogenated alkanes) is 15. The molecule has 1 heterocycles. The van der Waals surface area contributed by atoms with Gasteiger partial charge in [0.2, 0.25) is 0 Å². The summed E-state index contributed by atoms with van der Waals surface area (Å²) in [6.45, 7) is 1.83. The monoisotopic (exact) mass is 602 g/mol. The van der Waals surface area contributed by atoms with Crippen LogP contribution in [-0.4, -0.2) is 75.2 Å². The molecule has 5 atom stereocenters. The van der Waals surface area contributed by atoms with Crippen LogP contribution < -0.4 is 59.1 Å². The molecule has 11 nitrogen and oxygen atoms in total. The molecule has 39 heavy (non-hydrogen) atoms. The Labute approximate surface area is 277 Å². The SMILES string of the molecule is CCCCCCCCCCCCCCCCCCO[C@H]1O[C@H](COC(=O)O)[C@@H](O)[C@H](O)[C@H]1OP(=O)(O)O.[Na+].[Na+]. The maximum atomic E-state index is 11.3. The van der Waals surface area contributed by atoms with E-state index in [1.807, 2.05) is 0 Å². The molecule has 0 radical (unpaired) electrons. The van der Waals surface area contributed by atoms with Gasteiger partial charge in [-0.05, 0) is 6.42 Å². The van der Waals surface area contributed by atoms with Crippen molar-refractivity contribution in [1.82, 2.24) is 0 Å². The van der Waals surface area contributed by atoms with Crippen molar-refractivity contribution >= 4 is 14.0 Å². The van der Waals surface area contributed by atoms with Gasteiger partial charge in [0.05, 0.1) is 0 Å². The minimum Gasteiger partial charge on any atom is -0.450 e. The van der Waals surface area contributed by atoms with Gasteiger partial charge < -0.3 is 39.3 Å². The van der Waals surface area contributed by atoms with Crippen LogP contribution in [0.15, 0.2) is 0 Å². The molecular weight excluding hydrogens is 553 g/mol. The fourth-order valence-electron chi connectivity index (χ4n) is 4.45. The first-order valence-corrected chi connectivity index (χ1v) is 15.4. The molecule has 1 fully saturated rings. The van der Waals surface area contributed by atoms with Gasteiger partial charge in [0, 0.05) is 6.61 Å². The van der Waals surface area contributed by atoms with Gasteiger partial charge in [-0.2, -0.15) is 0 Å². The van der Waals surface area contributed by atoms with Crippen LogP contribution in [0.1, 0.15) is 110 Å². The van der Waals surface area contributed by atoms with Crippen LogP contribution in [0.4, 0.5) is 4.79 Å². The standard InChI is InChI=1S/C25H49O11P.2Na/c1-2-3-4-5-6-7-8-9-10-11-12-13-14-15-16-17-18-33-24-23(36-37(30,31)32)22(27)21(26)20(35-24)19-34-25(28)29;;/h20-24,26-27H,2-19H2,1H3,(H,28,29)(H2,30,31,32);;/q;2*+1/t20-,21-,22+,23-,24+;;/m1../s1. The van der Waals surface area contributed by atoms with Crippen LogP contribution in [0, 0.1) is 0 Å². The molecule has 0 saturated carbocycles. The van der Waals surface area contributed by atoms with Crippen LogP contribution in [0.5, 0.6) is 0 Å². The summed E-state index contributed by atoms with van der Waals surface area (Å²) in [6, 6.07) is 0. The Bertz CT molecular complexity index is 641. The second kappa shape index (κ2) is 25.7. The topological polar surface area (TPSA) is 172 Å². The number of ether oxygens (including phenoxy) is 3. The van der Waals surface area contributed by atoms with E-state index in [0.717, 1.165) is 19.3 Å². The van der Waals surface area contributed by atoms with Crippen molar-refractivity contribution in [2.45, 2.75) is 140 Å². The predicted molar refractivity (Wildman–Crippen MR) is 137 cm³/mol. The third-order valence-electron chi connectivity index (χ3n) is 6.55. The zero-order chi connectivity index (χ0) is 27.5. The molecule has 1 saturated heterocycles. The Hall–Kier alpha value is 1.22. The van der Waals surface area contributed by atoms with E-state index >= 15 is 0 Å². The average molecular weight is 603 g/mol. The first-order chi connectivity index (χ1) is 17.7. The second-order valence-corrected chi connectivity index (χ2v) is 11.0. The Kier molecular flexibility index (Phi) is 27.9. The van der Waals surface area contributed by atoms with Crippen molar-refractivity contribution in [3.63, 3.8) is 0 Å². The summed E-state index contributed by atoms with van der Waals surface area (Å²) >= 11 is 0. The normalized spacial score (nSPS) is 23.1. The summed E-state index contributed by atoms with van der Waals surface area (Å²) in [5.41, 5.74) is 0. The van der Waals surface area contributed by atoms with Crippen molar-refractivity contribution in [3.05, 3.63) is 0 Å². The zero-order valence-corrected chi connectivity index (χ0v) is 29.1. The summed E-state index contributed by atoms with van der Waals surface area (Å²) < 4.78 is 31.2. The Morgan fingerprint density at radius 2 is 1.21 bits per heavy atom. The van der Waals surface area contributed by atoms with Gasteiger partial charge in [0.1, 0.15) is 31.0 Å². The molecule has 0 aromatic heterocycles. The number of carboxylic acid groups (broad SMARTS) is 1. The van der Waals surface area contributed by atoms with E-state index in [9.17, 15) is 19.6 Å². The smallest absolute Gasteiger partial charge is 0.450 e. The number of hydrogen-bond donors (Lipinski definition) is 5. The quantitative estimate of drug-likeness (QED) is 0.0441. The van der Waals surface area contributed by atoms with Crippen molar-refractivity contribution in [2.24, 2.45) is 0 Å². The molecule has 0 aromatic carbocycles. The molecule has 0 bridgehead atoms. The van der Waals surface area contributed by atoms with E-state index in [-0.39, 0.29) is 65.7 Å². The summed E-state index contributed by atoms with van der Waals surface area (Å²) in [5, 5.41) is 29.0. The maximum Gasteiger partial charge on any atom is 1.00 e. The fraction of sp³-hybridized carbons (Fsp3) is 0.960. The van der Waals surface area contributed by atoms with Crippen LogP contribution in [-0.2, 0) is 23.3 Å². The first-order valence-electron chi connectivity index (χ1n) is 13.9. The van der Waals surface area contributed by atoms with Gasteiger partial charge >= 0.3 is 73.1 Å². The van der Waals surface area contributed by atoms with Crippen LogP contribution in [0.25, 0.3) is 0 Å². The molecular formula is C25H49Na2O11P+2. The summed E-state index contributed by atoms with van der Waals surface area (Å²) in [6.07, 6.45) is 10.1. The molecule has 0 aromatic rings. The summed E-state index contributed by atoms with van der Waals surface area (Å²) in [5.74, 6) is 0. The predicted octanol–water partition coefficient (Wildman–Crippen LogP) is -1.11. The Balaban J connectivity index is 0. The average Bonchev–Trinajstić information content (AvgIpc) is 2.83. The zero-order valence-electron chi connectivity index (χ0n) is 24.2. The van der Waals surface area contributed by atoms with E-state index in [4.69, 9.17) is 24.4 Å². The number of carbonyl (C=O) groups is 1. The third kappa shape index (κ3) is 21.5. The molecule has 0 aliphatic carbocycles. The van der Waals surface area contributed by atoms with Crippen LogP contribution in [0.3, 0.4) is 0 Å². The Morgan fingerprint density at radius 3 is 1.62 bits per heavy atom. The second-order valence-electron chi connectivity index (χ2n) is 9.84. The molecule has 0 unspecified atom stereocenters. The van der Waals surface area contributed by atoms with Crippen LogP contribution in [0.2, 0.25) is 0 Å². The molecule has 1 aliphatic rings. The molecule has 1 rings (SSSR count). The van der Waals surface area contributed by atoms with Gasteiger partial charge in [-0.3, -0.25) is 4.52 Å². The molecule has 220 valence electrons. The molecule has 0 amide bonds. The maximum absolute atomic E-state index is 11.3. The molecule has 5 N–H and O–H groups in total. The van der Waals surface area contributed by atoms with Gasteiger partial charge in [0.25, 0.3) is 0 Å². The first kappa shape index (κ1) is 42.4. The van der Waals surface area contributed by atoms with E-state index in [2.05, 4.69) is 16.2 Å². The number of phosphoric acid groups is 1. The van der Waals surface area contributed by atoms with Gasteiger partial charge in [-0.1, -0.05) is 103 Å². The van der Waals surface area contributed by atoms with Crippen molar-refractivity contribution in [3.8, 4) is 0 Å². The largest absolute Gasteiger partial charge is 1.00 e. The molecule has 14 heteroatoms. The third-order valence-corrected chi connectivity index (χ3v) is 7.07. The van der Waals surface area contributed by atoms with E-state index < -0.39 is 51.3 Å². The number of aliphatic hydroxyl groups excluding tert-OH is 2. The van der Waals surface area contributed by atoms with Gasteiger partial charge in [-0.25, -0.2) is 9.36 Å². The van der Waals surface area contributed by atoms with E-state index in [1.165, 1.54) is 77.0 Å². The number of hydrogen-bond acceptors (Lipinski definition) is 8. The number of phosphoric ester groups is 1. The summed E-state index contributed by atoms with van der Waals surface area (Å²) in [4.78, 5) is 28.9. The van der Waals surface area contributed by atoms with E-state index in [1.54, 1.807) is 0 Å². The van der Waals surface area contributed by atoms with E-state index in [0.29, 0.717) is 6.42 Å². The fourth-order valence-corrected chi connectivity index (χ4v) is 4.99. The minimum absolute atomic E-state index is 0. The molecule has 0 spiro atoms. The summed E-state index contributed by atoms with van der Waals surface area (Å²) in [7, 11) is -5.02. The van der Waals surface area contributed by atoms with Gasteiger partial charge in [-0.15, -0.1) is 0 Å². The number of aliphatic hydroxyl groups is 2. The van der Waals surface area contributed by atoms with Crippen molar-refractivity contribution < 1.29 is 112 Å². The van der Waals surface area contributed by atoms with Gasteiger partial charge in [0.15, 0.2) is 6.29 Å². The Morgan fingerprint density at radius 1 is 0.769 bits per heavy atom. The minimum atomic E-state index is -5.02. The van der Waals surface area contributed by atoms with Crippen molar-refractivity contribution in [1.29, 1.82) is 0 Å².